The van der Waals surface area contributed by atoms with Crippen molar-refractivity contribution in [2.75, 3.05) is 58.4 Å². The molecule has 1 heterocycles. The Labute approximate surface area is 277 Å². The summed E-state index contributed by atoms with van der Waals surface area (Å²) in [5.74, 6) is 0.184. The number of carbonyl (C=O) groups excluding carboxylic acids is 4. The van der Waals surface area contributed by atoms with Gasteiger partial charge < -0.3 is 30.2 Å². The molecule has 2 atom stereocenters. The number of Topliss-reactive ketones (excluding diaryl/α,β-unsaturated/α-hetero) is 1. The fourth-order valence-electron chi connectivity index (χ4n) is 6.48. The van der Waals surface area contributed by atoms with Gasteiger partial charge in [-0.2, -0.15) is 0 Å². The summed E-state index contributed by atoms with van der Waals surface area (Å²) in [6.07, 6.45) is 1.94. The molecule has 11 nitrogen and oxygen atoms in total. The summed E-state index contributed by atoms with van der Waals surface area (Å²) in [5, 5.41) is 8.65. The van der Waals surface area contributed by atoms with Crippen LogP contribution in [-0.4, -0.2) is 98.7 Å². The largest absolute Gasteiger partial charge is 0.460 e. The van der Waals surface area contributed by atoms with Crippen LogP contribution in [0.2, 0.25) is 0 Å². The lowest BCUT2D eigenvalue weighted by molar-refractivity contribution is -0.138. The number of hydrogen-bond acceptors (Lipinski definition) is 9. The standard InChI is InChI=1S/C34H52N4O7S/c1-24(2)29(40)44-15-12-35-30(41)36-23-34(7)21-26(20-32(3,4)22-34)37-31(42)45-18-19-46-27-10-8-25(9-11-27)28(39)33(5,6)38-13-16-43-17-14-38/h8-11,26H,1,12-23H2,2-7H3,(H,37,42)(H2,35,36,41). The van der Waals surface area contributed by atoms with Crippen molar-refractivity contribution in [2.24, 2.45) is 10.8 Å². The van der Waals surface area contributed by atoms with Crippen molar-refractivity contribution in [3.8, 4) is 0 Å². The number of hydrogen-bond donors (Lipinski definition) is 3. The van der Waals surface area contributed by atoms with Gasteiger partial charge in [0.25, 0.3) is 0 Å². The van der Waals surface area contributed by atoms with Crippen LogP contribution in [0.15, 0.2) is 41.3 Å². The van der Waals surface area contributed by atoms with Gasteiger partial charge in [-0.15, -0.1) is 11.8 Å². The maximum Gasteiger partial charge on any atom is 0.407 e. The number of alkyl carbamates (subject to hydrolysis) is 1. The Bertz CT molecular complexity index is 1230. The predicted octanol–water partition coefficient (Wildman–Crippen LogP) is 4.80. The van der Waals surface area contributed by atoms with Gasteiger partial charge in [-0.1, -0.05) is 39.5 Å². The summed E-state index contributed by atoms with van der Waals surface area (Å²) in [6, 6.07) is 7.17. The molecule has 1 aromatic rings. The predicted molar refractivity (Wildman–Crippen MR) is 179 cm³/mol. The monoisotopic (exact) mass is 660 g/mol. The first-order valence-electron chi connectivity index (χ1n) is 16.0. The van der Waals surface area contributed by atoms with Crippen molar-refractivity contribution in [2.45, 2.75) is 77.3 Å². The number of urea groups is 1. The van der Waals surface area contributed by atoms with E-state index in [0.29, 0.717) is 43.1 Å². The summed E-state index contributed by atoms with van der Waals surface area (Å²) in [4.78, 5) is 52.8. The molecule has 3 N–H and O–H groups in total. The number of amides is 3. The molecular formula is C34H52N4O7S. The highest BCUT2D eigenvalue weighted by atomic mass is 32.2. The Morgan fingerprint density at radius 3 is 2.35 bits per heavy atom. The van der Waals surface area contributed by atoms with Crippen LogP contribution in [0.25, 0.3) is 0 Å². The Morgan fingerprint density at radius 1 is 1.02 bits per heavy atom. The first-order chi connectivity index (χ1) is 21.6. The molecular weight excluding hydrogens is 608 g/mol. The summed E-state index contributed by atoms with van der Waals surface area (Å²) in [5.41, 5.74) is 0.116. The smallest absolute Gasteiger partial charge is 0.407 e. The lowest BCUT2D eigenvalue weighted by Crippen LogP contribution is -2.54. The quantitative estimate of drug-likeness (QED) is 0.0846. The number of ether oxygens (including phenoxy) is 3. The number of ketones is 1. The number of carbonyl (C=O) groups is 4. The van der Waals surface area contributed by atoms with Gasteiger partial charge >= 0.3 is 18.1 Å². The molecule has 2 aliphatic rings. The van der Waals surface area contributed by atoms with E-state index in [-0.39, 0.29) is 48.4 Å². The number of nitrogens with zero attached hydrogens (tertiary/aromatic N) is 1. The second kappa shape index (κ2) is 16.6. The Balaban J connectivity index is 1.38. The second-order valence-electron chi connectivity index (χ2n) is 13.9. The highest BCUT2D eigenvalue weighted by Crippen LogP contribution is 2.45. The molecule has 1 saturated heterocycles. The second-order valence-corrected chi connectivity index (χ2v) is 15.1. The van der Waals surface area contributed by atoms with E-state index in [1.807, 2.05) is 38.1 Å². The van der Waals surface area contributed by atoms with E-state index >= 15 is 0 Å². The average Bonchev–Trinajstić information content (AvgIpc) is 2.99. The maximum atomic E-state index is 13.2. The fraction of sp³-hybridized carbons (Fsp3) is 0.647. The van der Waals surface area contributed by atoms with Crippen molar-refractivity contribution >= 4 is 35.6 Å². The number of benzene rings is 1. The van der Waals surface area contributed by atoms with Crippen LogP contribution in [0.5, 0.6) is 0 Å². The third kappa shape index (κ3) is 11.6. The van der Waals surface area contributed by atoms with Crippen molar-refractivity contribution in [1.82, 2.24) is 20.9 Å². The molecule has 0 radical (unpaired) electrons. The number of rotatable bonds is 14. The summed E-state index contributed by atoms with van der Waals surface area (Å²) in [7, 11) is 0. The summed E-state index contributed by atoms with van der Waals surface area (Å²) in [6.45, 7) is 19.2. The van der Waals surface area contributed by atoms with Crippen LogP contribution < -0.4 is 16.0 Å². The van der Waals surface area contributed by atoms with Crippen LogP contribution in [0, 0.1) is 10.8 Å². The first-order valence-corrected chi connectivity index (χ1v) is 17.0. The van der Waals surface area contributed by atoms with Crippen LogP contribution >= 0.6 is 11.8 Å². The number of thioether (sulfide) groups is 1. The molecule has 1 aliphatic heterocycles. The van der Waals surface area contributed by atoms with E-state index < -0.39 is 17.6 Å². The van der Waals surface area contributed by atoms with E-state index in [4.69, 9.17) is 14.2 Å². The van der Waals surface area contributed by atoms with E-state index in [0.717, 1.165) is 30.8 Å². The zero-order chi connectivity index (χ0) is 34.0. The Kier molecular flexibility index (Phi) is 13.5. The number of nitrogens with one attached hydrogen (secondary N) is 3. The molecule has 2 fully saturated rings. The zero-order valence-electron chi connectivity index (χ0n) is 28.3. The van der Waals surface area contributed by atoms with Gasteiger partial charge in [0.15, 0.2) is 5.78 Å². The van der Waals surface area contributed by atoms with Crippen LogP contribution in [0.1, 0.15) is 71.2 Å². The lowest BCUT2D eigenvalue weighted by Gasteiger charge is -2.46. The van der Waals surface area contributed by atoms with Crippen LogP contribution in [0.4, 0.5) is 9.59 Å². The fourth-order valence-corrected chi connectivity index (χ4v) is 7.21. The molecule has 0 spiro atoms. The molecule has 1 aromatic carbocycles. The Morgan fingerprint density at radius 2 is 1.70 bits per heavy atom. The molecule has 46 heavy (non-hydrogen) atoms. The average molecular weight is 661 g/mol. The first kappa shape index (κ1) is 37.4. The van der Waals surface area contributed by atoms with E-state index in [1.165, 1.54) is 0 Å². The Hall–Kier alpha value is -3.09. The van der Waals surface area contributed by atoms with Crippen molar-refractivity contribution in [3.05, 3.63) is 42.0 Å². The van der Waals surface area contributed by atoms with Crippen LogP contribution in [0.3, 0.4) is 0 Å². The van der Waals surface area contributed by atoms with Crippen molar-refractivity contribution in [3.63, 3.8) is 0 Å². The van der Waals surface area contributed by atoms with Gasteiger partial charge in [0.05, 0.1) is 25.3 Å². The molecule has 0 aromatic heterocycles. The minimum Gasteiger partial charge on any atom is -0.460 e. The van der Waals surface area contributed by atoms with Crippen molar-refractivity contribution < 1.29 is 33.4 Å². The minimum atomic E-state index is -0.598. The van der Waals surface area contributed by atoms with Gasteiger partial charge in [-0.3, -0.25) is 9.69 Å². The zero-order valence-corrected chi connectivity index (χ0v) is 29.1. The molecule has 3 amide bonds. The molecule has 2 unspecified atom stereocenters. The SMILES string of the molecule is C=C(C)C(=O)OCCNC(=O)NCC1(C)CC(NC(=O)OCCSc2ccc(C(=O)C(C)(C)N3CCOCC3)cc2)CC(C)(C)C1. The third-order valence-corrected chi connectivity index (χ3v) is 9.45. The molecule has 12 heteroatoms. The highest BCUT2D eigenvalue weighted by molar-refractivity contribution is 7.99. The van der Waals surface area contributed by atoms with Gasteiger partial charge in [-0.25, -0.2) is 14.4 Å². The maximum absolute atomic E-state index is 13.2. The van der Waals surface area contributed by atoms with Crippen LogP contribution in [-0.2, 0) is 19.0 Å². The minimum absolute atomic E-state index is 0.0410. The topological polar surface area (TPSA) is 135 Å². The highest BCUT2D eigenvalue weighted by Gasteiger charge is 2.42. The van der Waals surface area contributed by atoms with E-state index in [1.54, 1.807) is 18.7 Å². The molecule has 0 bridgehead atoms. The summed E-state index contributed by atoms with van der Waals surface area (Å²) < 4.78 is 15.9. The molecule has 3 rings (SSSR count). The van der Waals surface area contributed by atoms with E-state index in [2.05, 4.69) is 48.2 Å². The molecule has 1 aliphatic carbocycles. The number of morpholine rings is 1. The van der Waals surface area contributed by atoms with Gasteiger partial charge in [0.1, 0.15) is 13.2 Å². The summed E-state index contributed by atoms with van der Waals surface area (Å²) >= 11 is 1.56. The van der Waals surface area contributed by atoms with Gasteiger partial charge in [-0.05, 0) is 63.0 Å². The normalized spacial score (nSPS) is 21.5. The molecule has 1 saturated carbocycles. The van der Waals surface area contributed by atoms with Crippen molar-refractivity contribution in [1.29, 1.82) is 0 Å². The lowest BCUT2D eigenvalue weighted by atomic mass is 9.62. The van der Waals surface area contributed by atoms with Gasteiger partial charge in [0, 0.05) is 47.5 Å². The van der Waals surface area contributed by atoms with E-state index in [9.17, 15) is 19.2 Å². The molecule has 256 valence electrons. The third-order valence-electron chi connectivity index (χ3n) is 8.47. The van der Waals surface area contributed by atoms with Gasteiger partial charge in [0.2, 0.25) is 0 Å². The number of esters is 1.